The smallest absolute Gasteiger partial charge is 0.204 e. The van der Waals surface area contributed by atoms with Crippen LogP contribution < -0.4 is 11.1 Å². The number of hydrogen-bond donors (Lipinski definition) is 2. The Bertz CT molecular complexity index is 48.4. The molecule has 1 heterocycles. The predicted octanol–water partition coefficient (Wildman–Crippen LogP) is -0.618. The van der Waals surface area contributed by atoms with Crippen LogP contribution in [0.4, 0.5) is 0 Å². The third kappa shape index (κ3) is 5.78. The van der Waals surface area contributed by atoms with Crippen molar-refractivity contribution in [1.82, 2.24) is 5.32 Å². The highest BCUT2D eigenvalue weighted by Crippen LogP contribution is 1.99. The van der Waals surface area contributed by atoms with Gasteiger partial charge < -0.3 is 11.1 Å². The summed E-state index contributed by atoms with van der Waals surface area (Å²) in [5.74, 6) is 2.47. The van der Waals surface area contributed by atoms with E-state index >= 15 is 0 Å². The SMILES string of the molecule is C1CSCN1.NC=O. The lowest BCUT2D eigenvalue weighted by atomic mass is 10.8. The molecule has 1 fully saturated rings. The number of thioether (sulfide) groups is 1. The van der Waals surface area contributed by atoms with Gasteiger partial charge in [-0.3, -0.25) is 4.79 Å². The molecule has 0 atom stereocenters. The molecule has 1 saturated heterocycles. The topological polar surface area (TPSA) is 55.1 Å². The van der Waals surface area contributed by atoms with E-state index in [0.29, 0.717) is 0 Å². The van der Waals surface area contributed by atoms with E-state index in [1.54, 1.807) is 0 Å². The molecule has 1 aliphatic heterocycles. The Morgan fingerprint density at radius 1 is 1.75 bits per heavy atom. The lowest BCUT2D eigenvalue weighted by Gasteiger charge is -1.74. The number of amides is 1. The van der Waals surface area contributed by atoms with Crippen LogP contribution in [0.3, 0.4) is 0 Å². The fourth-order valence-corrected chi connectivity index (χ4v) is 1.08. The van der Waals surface area contributed by atoms with Crippen LogP contribution in [0.2, 0.25) is 0 Å². The van der Waals surface area contributed by atoms with Crippen LogP contribution in [0.15, 0.2) is 0 Å². The fourth-order valence-electron chi connectivity index (χ4n) is 0.361. The molecule has 48 valence electrons. The van der Waals surface area contributed by atoms with Crippen molar-refractivity contribution >= 4 is 18.2 Å². The number of carbonyl (C=O) groups is 1. The zero-order valence-electron chi connectivity index (χ0n) is 4.59. The molecule has 0 bridgehead atoms. The molecular weight excluding hydrogens is 124 g/mol. The summed E-state index contributed by atoms with van der Waals surface area (Å²) >= 11 is 1.96. The third-order valence-electron chi connectivity index (χ3n) is 0.627. The van der Waals surface area contributed by atoms with E-state index in [1.807, 2.05) is 11.8 Å². The first-order valence-electron chi connectivity index (χ1n) is 2.35. The second-order valence-corrected chi connectivity index (χ2v) is 2.29. The van der Waals surface area contributed by atoms with Crippen LogP contribution >= 0.6 is 11.8 Å². The van der Waals surface area contributed by atoms with Crippen molar-refractivity contribution in [2.24, 2.45) is 5.73 Å². The van der Waals surface area contributed by atoms with E-state index in [0.717, 1.165) is 0 Å². The standard InChI is InChI=1S/C3H7NS.CH3NO/c1-2-5-3-4-1;2-1-3/h4H,1-3H2;1H,(H2,2,3). The number of primary amides is 1. The Morgan fingerprint density at radius 2 is 2.38 bits per heavy atom. The molecule has 1 aliphatic rings. The first-order chi connectivity index (χ1) is 3.91. The lowest BCUT2D eigenvalue weighted by molar-refractivity contribution is -0.106. The summed E-state index contributed by atoms with van der Waals surface area (Å²) in [7, 11) is 0. The number of hydrogen-bond acceptors (Lipinski definition) is 3. The van der Waals surface area contributed by atoms with Gasteiger partial charge in [-0.25, -0.2) is 0 Å². The molecule has 1 amide bonds. The Kier molecular flexibility index (Phi) is 6.59. The molecule has 0 unspecified atom stereocenters. The summed E-state index contributed by atoms with van der Waals surface area (Å²) < 4.78 is 0. The first-order valence-corrected chi connectivity index (χ1v) is 3.51. The van der Waals surface area contributed by atoms with E-state index in [2.05, 4.69) is 11.1 Å². The molecule has 3 N–H and O–H groups in total. The van der Waals surface area contributed by atoms with Gasteiger partial charge in [-0.05, 0) is 0 Å². The van der Waals surface area contributed by atoms with Crippen molar-refractivity contribution in [3.63, 3.8) is 0 Å². The summed E-state index contributed by atoms with van der Waals surface area (Å²) in [5, 5.41) is 3.19. The number of rotatable bonds is 0. The molecule has 0 aliphatic carbocycles. The van der Waals surface area contributed by atoms with Gasteiger partial charge in [0.05, 0.1) is 0 Å². The van der Waals surface area contributed by atoms with Crippen LogP contribution in [0.25, 0.3) is 0 Å². The highest BCUT2D eigenvalue weighted by Gasteiger charge is 1.93. The van der Waals surface area contributed by atoms with Crippen LogP contribution in [-0.2, 0) is 4.79 Å². The Labute approximate surface area is 53.0 Å². The fraction of sp³-hybridized carbons (Fsp3) is 0.750. The summed E-state index contributed by atoms with van der Waals surface area (Å²) in [5.41, 5.74) is 4.17. The Hall–Kier alpha value is -0.220. The monoisotopic (exact) mass is 134 g/mol. The summed E-state index contributed by atoms with van der Waals surface area (Å²) in [6.07, 6.45) is 0.250. The van der Waals surface area contributed by atoms with Gasteiger partial charge in [0.15, 0.2) is 0 Å². The minimum Gasteiger partial charge on any atom is -0.372 e. The summed E-state index contributed by atoms with van der Waals surface area (Å²) in [6.45, 7) is 1.21. The molecule has 0 aromatic heterocycles. The van der Waals surface area contributed by atoms with Crippen molar-refractivity contribution in [2.75, 3.05) is 18.2 Å². The maximum Gasteiger partial charge on any atom is 0.204 e. The zero-order valence-corrected chi connectivity index (χ0v) is 5.41. The molecule has 0 saturated carbocycles. The molecule has 4 heteroatoms. The second-order valence-electron chi connectivity index (χ2n) is 1.19. The van der Waals surface area contributed by atoms with Crippen molar-refractivity contribution in [3.05, 3.63) is 0 Å². The normalized spacial score (nSPS) is 16.5. The number of nitrogens with one attached hydrogen (secondary N) is 1. The van der Waals surface area contributed by atoms with Gasteiger partial charge in [-0.2, -0.15) is 0 Å². The molecule has 0 radical (unpaired) electrons. The third-order valence-corrected chi connectivity index (χ3v) is 1.53. The minimum atomic E-state index is 0.250. The van der Waals surface area contributed by atoms with E-state index in [1.165, 1.54) is 18.2 Å². The first kappa shape index (κ1) is 7.78. The van der Waals surface area contributed by atoms with Gasteiger partial charge in [0.25, 0.3) is 0 Å². The summed E-state index contributed by atoms with van der Waals surface area (Å²) in [6, 6.07) is 0. The highest BCUT2D eigenvalue weighted by atomic mass is 32.2. The van der Waals surface area contributed by atoms with Crippen LogP contribution in [-0.4, -0.2) is 24.6 Å². The van der Waals surface area contributed by atoms with E-state index in [4.69, 9.17) is 4.79 Å². The van der Waals surface area contributed by atoms with E-state index in [9.17, 15) is 0 Å². The molecule has 1 rings (SSSR count). The van der Waals surface area contributed by atoms with Crippen LogP contribution in [0.5, 0.6) is 0 Å². The van der Waals surface area contributed by atoms with Gasteiger partial charge in [0.2, 0.25) is 6.41 Å². The number of carbonyl (C=O) groups excluding carboxylic acids is 1. The van der Waals surface area contributed by atoms with Crippen molar-refractivity contribution in [2.45, 2.75) is 0 Å². The highest BCUT2D eigenvalue weighted by molar-refractivity contribution is 7.99. The lowest BCUT2D eigenvalue weighted by Crippen LogP contribution is -2.04. The largest absolute Gasteiger partial charge is 0.372 e. The van der Waals surface area contributed by atoms with Crippen molar-refractivity contribution < 1.29 is 4.79 Å². The quantitative estimate of drug-likeness (QED) is 0.434. The van der Waals surface area contributed by atoms with Gasteiger partial charge in [0, 0.05) is 18.2 Å². The minimum absolute atomic E-state index is 0.250. The van der Waals surface area contributed by atoms with Crippen molar-refractivity contribution in [1.29, 1.82) is 0 Å². The average molecular weight is 134 g/mol. The maximum absolute atomic E-state index is 8.58. The van der Waals surface area contributed by atoms with Crippen molar-refractivity contribution in [3.8, 4) is 0 Å². The zero-order chi connectivity index (χ0) is 6.24. The van der Waals surface area contributed by atoms with Gasteiger partial charge in [0.1, 0.15) is 0 Å². The second kappa shape index (κ2) is 6.78. The maximum atomic E-state index is 8.58. The van der Waals surface area contributed by atoms with Gasteiger partial charge in [-0.15, -0.1) is 11.8 Å². The predicted molar refractivity (Wildman–Crippen MR) is 35.6 cm³/mol. The van der Waals surface area contributed by atoms with Gasteiger partial charge >= 0.3 is 0 Å². The van der Waals surface area contributed by atoms with Crippen LogP contribution in [0.1, 0.15) is 0 Å². The van der Waals surface area contributed by atoms with Crippen LogP contribution in [0, 0.1) is 0 Å². The average Bonchev–Trinajstić information content (AvgIpc) is 2.17. The molecule has 0 spiro atoms. The Morgan fingerprint density at radius 3 is 2.50 bits per heavy atom. The van der Waals surface area contributed by atoms with E-state index in [-0.39, 0.29) is 6.41 Å². The molecule has 8 heavy (non-hydrogen) atoms. The Balaban J connectivity index is 0.000000145. The van der Waals surface area contributed by atoms with E-state index < -0.39 is 0 Å². The summed E-state index contributed by atoms with van der Waals surface area (Å²) in [4.78, 5) is 8.58. The molecule has 0 aromatic carbocycles. The molecule has 0 aromatic rings. The number of nitrogens with two attached hydrogens (primary N) is 1. The van der Waals surface area contributed by atoms with Gasteiger partial charge in [-0.1, -0.05) is 0 Å². The molecular formula is C4H10N2OS. The molecule has 3 nitrogen and oxygen atoms in total.